The van der Waals surface area contributed by atoms with Crippen LogP contribution < -0.4 is 35.0 Å². The van der Waals surface area contributed by atoms with E-state index in [1.165, 1.54) is 0 Å². The zero-order valence-corrected chi connectivity index (χ0v) is 10.9. The SMILES string of the molecule is O=NNc1nc(-c2ccccc2)ns1.[Na+]. The summed E-state index contributed by atoms with van der Waals surface area (Å²) >= 11 is 1.10. The summed E-state index contributed by atoms with van der Waals surface area (Å²) in [7, 11) is 0. The summed E-state index contributed by atoms with van der Waals surface area (Å²) in [6.45, 7) is 0. The molecule has 7 heteroatoms. The fraction of sp³-hybridized carbons (Fsp3) is 0. The van der Waals surface area contributed by atoms with Gasteiger partial charge < -0.3 is 0 Å². The molecule has 2 aromatic rings. The molecule has 0 atom stereocenters. The van der Waals surface area contributed by atoms with Gasteiger partial charge in [-0.05, 0) is 0 Å². The first-order valence-electron chi connectivity index (χ1n) is 3.87. The Morgan fingerprint density at radius 3 is 2.67 bits per heavy atom. The third-order valence-electron chi connectivity index (χ3n) is 1.60. The van der Waals surface area contributed by atoms with Crippen LogP contribution in [0, 0.1) is 4.91 Å². The van der Waals surface area contributed by atoms with Crippen LogP contribution in [-0.2, 0) is 0 Å². The topological polar surface area (TPSA) is 67.2 Å². The number of rotatable bonds is 3. The van der Waals surface area contributed by atoms with Crippen molar-refractivity contribution in [2.24, 2.45) is 5.29 Å². The van der Waals surface area contributed by atoms with Gasteiger partial charge in [0.1, 0.15) is 0 Å². The third-order valence-corrected chi connectivity index (χ3v) is 2.22. The van der Waals surface area contributed by atoms with Crippen molar-refractivity contribution in [3.8, 4) is 11.4 Å². The zero-order chi connectivity index (χ0) is 9.80. The molecular formula is C8H6N4NaOS+. The number of anilines is 1. The van der Waals surface area contributed by atoms with Gasteiger partial charge in [0.05, 0.1) is 5.29 Å². The molecule has 0 spiro atoms. The Balaban J connectivity index is 0.00000112. The van der Waals surface area contributed by atoms with Gasteiger partial charge in [-0.15, -0.1) is 4.91 Å². The molecule has 0 bridgehead atoms. The summed E-state index contributed by atoms with van der Waals surface area (Å²) in [5.74, 6) is 0.599. The van der Waals surface area contributed by atoms with Gasteiger partial charge in [-0.1, -0.05) is 30.3 Å². The molecule has 1 heterocycles. The fourth-order valence-corrected chi connectivity index (χ4v) is 1.54. The summed E-state index contributed by atoms with van der Waals surface area (Å²) in [5, 5.41) is 2.92. The maximum atomic E-state index is 9.90. The molecule has 0 radical (unpaired) electrons. The van der Waals surface area contributed by atoms with E-state index in [1.54, 1.807) is 0 Å². The van der Waals surface area contributed by atoms with Crippen LogP contribution in [-0.4, -0.2) is 9.36 Å². The molecule has 0 amide bonds. The van der Waals surface area contributed by atoms with Crippen LogP contribution in [0.15, 0.2) is 35.6 Å². The Morgan fingerprint density at radius 1 is 1.27 bits per heavy atom. The Hall–Kier alpha value is -0.820. The van der Waals surface area contributed by atoms with E-state index in [-0.39, 0.29) is 29.6 Å². The molecule has 0 unspecified atom stereocenters. The van der Waals surface area contributed by atoms with E-state index < -0.39 is 0 Å². The van der Waals surface area contributed by atoms with Crippen molar-refractivity contribution in [1.82, 2.24) is 9.36 Å². The Labute approximate surface area is 112 Å². The van der Waals surface area contributed by atoms with E-state index >= 15 is 0 Å². The smallest absolute Gasteiger partial charge is 0.214 e. The summed E-state index contributed by atoms with van der Waals surface area (Å²) in [6.07, 6.45) is 0. The van der Waals surface area contributed by atoms with Crippen LogP contribution in [0.25, 0.3) is 11.4 Å². The summed E-state index contributed by atoms with van der Waals surface area (Å²) in [6, 6.07) is 9.53. The van der Waals surface area contributed by atoms with Crippen molar-refractivity contribution in [1.29, 1.82) is 0 Å². The predicted octanol–water partition coefficient (Wildman–Crippen LogP) is -0.698. The summed E-state index contributed by atoms with van der Waals surface area (Å²) < 4.78 is 4.07. The van der Waals surface area contributed by atoms with Crippen molar-refractivity contribution in [3.63, 3.8) is 0 Å². The van der Waals surface area contributed by atoms with Crippen molar-refractivity contribution in [3.05, 3.63) is 35.2 Å². The number of nitroso groups, excluding NO2 is 1. The second-order valence-corrected chi connectivity index (χ2v) is 3.24. The molecule has 0 aliphatic heterocycles. The third kappa shape index (κ3) is 3.07. The maximum absolute atomic E-state index is 9.90. The first-order chi connectivity index (χ1) is 6.90. The molecule has 0 saturated carbocycles. The van der Waals surface area contributed by atoms with Crippen molar-refractivity contribution < 1.29 is 29.6 Å². The summed E-state index contributed by atoms with van der Waals surface area (Å²) in [4.78, 5) is 14.0. The van der Waals surface area contributed by atoms with Gasteiger partial charge in [0.2, 0.25) is 5.13 Å². The second kappa shape index (κ2) is 5.92. The summed E-state index contributed by atoms with van der Waals surface area (Å²) in [5.41, 5.74) is 3.13. The van der Waals surface area contributed by atoms with E-state index in [0.29, 0.717) is 11.0 Å². The number of nitrogens with one attached hydrogen (secondary N) is 1. The Kier molecular flexibility index (Phi) is 4.83. The van der Waals surface area contributed by atoms with E-state index in [2.05, 4.69) is 20.1 Å². The molecule has 1 aromatic carbocycles. The molecule has 0 fully saturated rings. The largest absolute Gasteiger partial charge is 1.00 e. The van der Waals surface area contributed by atoms with Gasteiger partial charge in [-0.25, -0.2) is 5.43 Å². The second-order valence-electron chi connectivity index (χ2n) is 2.49. The van der Waals surface area contributed by atoms with Gasteiger partial charge in [-0.3, -0.25) is 0 Å². The minimum atomic E-state index is 0. The van der Waals surface area contributed by atoms with Gasteiger partial charge in [-0.2, -0.15) is 9.36 Å². The standard InChI is InChI=1S/C8H6N4OS.Na/c13-12-10-8-9-7(11-14-8)6-4-2-1-3-5-6;/h1-5H,(H,9,10,11,13);/q;+1. The minimum Gasteiger partial charge on any atom is -0.214 e. The van der Waals surface area contributed by atoms with Crippen LogP contribution in [0.3, 0.4) is 0 Å². The number of hydrogen-bond acceptors (Lipinski definition) is 5. The van der Waals surface area contributed by atoms with E-state index in [1.807, 2.05) is 30.3 Å². The first kappa shape index (κ1) is 12.3. The van der Waals surface area contributed by atoms with Crippen molar-refractivity contribution in [2.75, 3.05) is 5.43 Å². The Morgan fingerprint density at radius 2 is 2.00 bits per heavy atom. The number of hydrogen-bond donors (Lipinski definition) is 1. The molecule has 0 aliphatic rings. The average molecular weight is 229 g/mol. The van der Waals surface area contributed by atoms with Crippen LogP contribution in [0.5, 0.6) is 0 Å². The number of aromatic nitrogens is 2. The number of nitrogens with zero attached hydrogens (tertiary/aromatic N) is 3. The molecule has 2 rings (SSSR count). The van der Waals surface area contributed by atoms with Crippen molar-refractivity contribution >= 4 is 16.7 Å². The normalized spacial score (nSPS) is 9.07. The van der Waals surface area contributed by atoms with Crippen LogP contribution in [0.2, 0.25) is 0 Å². The maximum Gasteiger partial charge on any atom is 1.00 e. The quantitative estimate of drug-likeness (QED) is 0.429. The molecule has 5 nitrogen and oxygen atoms in total. The molecule has 15 heavy (non-hydrogen) atoms. The molecule has 0 aliphatic carbocycles. The van der Waals surface area contributed by atoms with Gasteiger partial charge in [0.25, 0.3) is 0 Å². The van der Waals surface area contributed by atoms with E-state index in [0.717, 1.165) is 17.1 Å². The van der Waals surface area contributed by atoms with E-state index in [9.17, 15) is 4.91 Å². The zero-order valence-electron chi connectivity index (χ0n) is 8.04. The molecular weight excluding hydrogens is 223 g/mol. The molecule has 70 valence electrons. The van der Waals surface area contributed by atoms with E-state index in [4.69, 9.17) is 0 Å². The van der Waals surface area contributed by atoms with Crippen LogP contribution in [0.4, 0.5) is 5.13 Å². The van der Waals surface area contributed by atoms with Crippen molar-refractivity contribution in [2.45, 2.75) is 0 Å². The van der Waals surface area contributed by atoms with Crippen LogP contribution >= 0.6 is 11.5 Å². The minimum absolute atomic E-state index is 0. The molecule has 1 aromatic heterocycles. The Bertz CT molecular complexity index is 433. The van der Waals surface area contributed by atoms with Crippen LogP contribution in [0.1, 0.15) is 0 Å². The molecule has 0 saturated heterocycles. The van der Waals surface area contributed by atoms with Gasteiger partial charge >= 0.3 is 29.6 Å². The monoisotopic (exact) mass is 229 g/mol. The predicted molar refractivity (Wildman–Crippen MR) is 54.8 cm³/mol. The van der Waals surface area contributed by atoms with Gasteiger partial charge in [0.15, 0.2) is 5.82 Å². The number of benzene rings is 1. The fourth-order valence-electron chi connectivity index (χ4n) is 1.01. The first-order valence-corrected chi connectivity index (χ1v) is 4.65. The molecule has 1 N–H and O–H groups in total. The van der Waals surface area contributed by atoms with Gasteiger partial charge in [0, 0.05) is 17.1 Å². The average Bonchev–Trinajstić information content (AvgIpc) is 2.68.